The molecule has 0 saturated carbocycles. The zero-order valence-corrected chi connectivity index (χ0v) is 11.8. The fourth-order valence-electron chi connectivity index (χ4n) is 2.45. The van der Waals surface area contributed by atoms with Crippen LogP contribution in [0, 0.1) is 0 Å². The Kier molecular flexibility index (Phi) is 6.33. The van der Waals surface area contributed by atoms with Crippen LogP contribution in [0.1, 0.15) is 31.5 Å². The minimum atomic E-state index is 0.492. The summed E-state index contributed by atoms with van der Waals surface area (Å²) in [7, 11) is 1.72. The van der Waals surface area contributed by atoms with Crippen LogP contribution in [0.15, 0.2) is 12.4 Å². The number of hydrogen-bond acceptors (Lipinski definition) is 4. The highest BCUT2D eigenvalue weighted by Crippen LogP contribution is 2.17. The van der Waals surface area contributed by atoms with Gasteiger partial charge in [0, 0.05) is 39.2 Å². The molecule has 5 nitrogen and oxygen atoms in total. The molecule has 1 saturated heterocycles. The quantitative estimate of drug-likeness (QED) is 0.690. The second-order valence-electron chi connectivity index (χ2n) is 4.98. The van der Waals surface area contributed by atoms with Gasteiger partial charge in [-0.3, -0.25) is 0 Å². The van der Waals surface area contributed by atoms with E-state index < -0.39 is 0 Å². The number of methoxy groups -OCH3 is 1. The summed E-state index contributed by atoms with van der Waals surface area (Å²) in [6, 6.07) is 0. The van der Waals surface area contributed by atoms with Crippen LogP contribution in [0.2, 0.25) is 0 Å². The van der Waals surface area contributed by atoms with E-state index in [0.717, 1.165) is 51.5 Å². The summed E-state index contributed by atoms with van der Waals surface area (Å²) in [5, 5.41) is 3.33. The van der Waals surface area contributed by atoms with Crippen LogP contribution < -0.4 is 5.32 Å². The van der Waals surface area contributed by atoms with Crippen LogP contribution in [0.25, 0.3) is 0 Å². The number of nitrogens with zero attached hydrogens (tertiary/aromatic N) is 2. The third-order valence-corrected chi connectivity index (χ3v) is 3.52. The number of hydrogen-bond donors (Lipinski definition) is 1. The number of aryl methyl sites for hydroxylation is 1. The first kappa shape index (κ1) is 14.5. The lowest BCUT2D eigenvalue weighted by Crippen LogP contribution is -2.21. The van der Waals surface area contributed by atoms with Crippen molar-refractivity contribution in [2.24, 2.45) is 0 Å². The Hall–Kier alpha value is -0.910. The highest BCUT2D eigenvalue weighted by molar-refractivity contribution is 4.91. The van der Waals surface area contributed by atoms with Gasteiger partial charge in [0.25, 0.3) is 0 Å². The fraction of sp³-hybridized carbons (Fsp3) is 0.786. The summed E-state index contributed by atoms with van der Waals surface area (Å²) < 4.78 is 12.9. The van der Waals surface area contributed by atoms with Gasteiger partial charge in [0.1, 0.15) is 5.82 Å². The van der Waals surface area contributed by atoms with Crippen LogP contribution >= 0.6 is 0 Å². The molecule has 2 heterocycles. The van der Waals surface area contributed by atoms with Crippen molar-refractivity contribution in [2.75, 3.05) is 26.9 Å². The smallest absolute Gasteiger partial charge is 0.122 e. The van der Waals surface area contributed by atoms with E-state index in [1.165, 1.54) is 12.8 Å². The number of nitrogens with one attached hydrogen (secondary N) is 1. The van der Waals surface area contributed by atoms with Crippen LogP contribution in [0.3, 0.4) is 0 Å². The maximum absolute atomic E-state index is 5.64. The summed E-state index contributed by atoms with van der Waals surface area (Å²) in [6.45, 7) is 4.38. The summed E-state index contributed by atoms with van der Waals surface area (Å²) >= 11 is 0. The second-order valence-corrected chi connectivity index (χ2v) is 4.98. The number of aromatic nitrogens is 2. The molecule has 1 aliphatic rings. The molecule has 0 aromatic carbocycles. The fourth-order valence-corrected chi connectivity index (χ4v) is 2.45. The Labute approximate surface area is 115 Å². The molecule has 0 radical (unpaired) electrons. The first-order chi connectivity index (χ1) is 9.40. The van der Waals surface area contributed by atoms with Crippen LogP contribution in [0.5, 0.6) is 0 Å². The van der Waals surface area contributed by atoms with E-state index in [4.69, 9.17) is 9.47 Å². The SMILES string of the molecule is COCCNCc1nccn1CCCC1CCCO1. The van der Waals surface area contributed by atoms with E-state index in [0.29, 0.717) is 6.10 Å². The second kappa shape index (κ2) is 8.30. The number of ether oxygens (including phenoxy) is 2. The van der Waals surface area contributed by atoms with Crippen LogP contribution in [-0.2, 0) is 22.6 Å². The average Bonchev–Trinajstić information content (AvgIpc) is 3.07. The van der Waals surface area contributed by atoms with E-state index >= 15 is 0 Å². The summed E-state index contributed by atoms with van der Waals surface area (Å²) in [5.74, 6) is 1.10. The number of rotatable bonds is 9. The first-order valence-corrected chi connectivity index (χ1v) is 7.21. The Bertz CT molecular complexity index is 348. The van der Waals surface area contributed by atoms with Crippen LogP contribution in [0.4, 0.5) is 0 Å². The highest BCUT2D eigenvalue weighted by atomic mass is 16.5. The summed E-state index contributed by atoms with van der Waals surface area (Å²) in [5.41, 5.74) is 0. The van der Waals surface area contributed by atoms with Gasteiger partial charge >= 0.3 is 0 Å². The standard InChI is InChI=1S/C14H25N3O2/c1-18-11-7-15-12-14-16-6-9-17(14)8-2-4-13-5-3-10-19-13/h6,9,13,15H,2-5,7-8,10-12H2,1H3. The normalized spacial score (nSPS) is 19.1. The molecule has 108 valence electrons. The van der Waals surface area contributed by atoms with E-state index in [2.05, 4.69) is 21.1 Å². The third kappa shape index (κ3) is 4.93. The van der Waals surface area contributed by atoms with Gasteiger partial charge in [0.2, 0.25) is 0 Å². The molecule has 1 atom stereocenters. The lowest BCUT2D eigenvalue weighted by Gasteiger charge is -2.11. The summed E-state index contributed by atoms with van der Waals surface area (Å²) in [4.78, 5) is 4.39. The molecule has 19 heavy (non-hydrogen) atoms. The molecular formula is C14H25N3O2. The molecule has 1 unspecified atom stereocenters. The molecule has 1 aromatic rings. The van der Waals surface area contributed by atoms with Gasteiger partial charge in [-0.2, -0.15) is 0 Å². The van der Waals surface area contributed by atoms with Gasteiger partial charge < -0.3 is 19.4 Å². The van der Waals surface area contributed by atoms with Gasteiger partial charge in [-0.25, -0.2) is 4.98 Å². The van der Waals surface area contributed by atoms with Crippen molar-refractivity contribution in [3.8, 4) is 0 Å². The van der Waals surface area contributed by atoms with Crippen LogP contribution in [-0.4, -0.2) is 42.5 Å². The Morgan fingerprint density at radius 3 is 3.32 bits per heavy atom. The highest BCUT2D eigenvalue weighted by Gasteiger charge is 2.14. The van der Waals surface area contributed by atoms with E-state index in [1.807, 2.05) is 6.20 Å². The lowest BCUT2D eigenvalue weighted by atomic mass is 10.1. The van der Waals surface area contributed by atoms with Gasteiger partial charge in [0.05, 0.1) is 19.3 Å². The average molecular weight is 267 g/mol. The van der Waals surface area contributed by atoms with E-state index in [9.17, 15) is 0 Å². The third-order valence-electron chi connectivity index (χ3n) is 3.52. The molecule has 0 amide bonds. The molecule has 1 N–H and O–H groups in total. The molecular weight excluding hydrogens is 242 g/mol. The summed E-state index contributed by atoms with van der Waals surface area (Å²) in [6.07, 6.45) is 9.20. The maximum atomic E-state index is 5.64. The first-order valence-electron chi connectivity index (χ1n) is 7.21. The zero-order valence-electron chi connectivity index (χ0n) is 11.8. The predicted molar refractivity (Wildman–Crippen MR) is 74.0 cm³/mol. The molecule has 1 aliphatic heterocycles. The zero-order chi connectivity index (χ0) is 13.3. The maximum Gasteiger partial charge on any atom is 0.122 e. The van der Waals surface area contributed by atoms with Crippen molar-refractivity contribution in [3.63, 3.8) is 0 Å². The molecule has 2 rings (SSSR count). The minimum Gasteiger partial charge on any atom is -0.383 e. The van der Waals surface area contributed by atoms with Crippen molar-refractivity contribution in [2.45, 2.75) is 44.9 Å². The predicted octanol–water partition coefficient (Wildman–Crippen LogP) is 1.58. The van der Waals surface area contributed by atoms with Gasteiger partial charge in [-0.05, 0) is 25.7 Å². The monoisotopic (exact) mass is 267 g/mol. The van der Waals surface area contributed by atoms with Crippen molar-refractivity contribution in [1.82, 2.24) is 14.9 Å². The van der Waals surface area contributed by atoms with E-state index in [-0.39, 0.29) is 0 Å². The molecule has 0 bridgehead atoms. The van der Waals surface area contributed by atoms with Gasteiger partial charge in [-0.1, -0.05) is 0 Å². The van der Waals surface area contributed by atoms with Crippen molar-refractivity contribution >= 4 is 0 Å². The van der Waals surface area contributed by atoms with Crippen molar-refractivity contribution in [1.29, 1.82) is 0 Å². The molecule has 5 heteroatoms. The van der Waals surface area contributed by atoms with Crippen molar-refractivity contribution in [3.05, 3.63) is 18.2 Å². The number of imidazole rings is 1. The Morgan fingerprint density at radius 2 is 2.53 bits per heavy atom. The van der Waals surface area contributed by atoms with Gasteiger partial charge in [-0.15, -0.1) is 0 Å². The van der Waals surface area contributed by atoms with Gasteiger partial charge in [0.15, 0.2) is 0 Å². The Balaban J connectivity index is 1.66. The van der Waals surface area contributed by atoms with Crippen molar-refractivity contribution < 1.29 is 9.47 Å². The minimum absolute atomic E-state index is 0.492. The Morgan fingerprint density at radius 1 is 1.58 bits per heavy atom. The molecule has 0 spiro atoms. The largest absolute Gasteiger partial charge is 0.383 e. The van der Waals surface area contributed by atoms with E-state index in [1.54, 1.807) is 7.11 Å². The molecule has 0 aliphatic carbocycles. The molecule has 1 fully saturated rings. The lowest BCUT2D eigenvalue weighted by molar-refractivity contribution is 0.101. The molecule has 1 aromatic heterocycles. The topological polar surface area (TPSA) is 48.3 Å².